The third kappa shape index (κ3) is 2.14. The topological polar surface area (TPSA) is 51.0 Å². The van der Waals surface area contributed by atoms with Gasteiger partial charge in [0.25, 0.3) is 0 Å². The number of fused-ring (bicyclic) bond motifs is 2. The van der Waals surface area contributed by atoms with E-state index in [1.54, 1.807) is 11.3 Å². The summed E-state index contributed by atoms with van der Waals surface area (Å²) >= 11 is 1.60. The number of hydrogen-bond donors (Lipinski definition) is 1. The number of benzene rings is 2. The summed E-state index contributed by atoms with van der Waals surface area (Å²) in [4.78, 5) is 9.05. The monoisotopic (exact) mass is 309 g/mol. The average Bonchev–Trinajstić information content (AvgIpc) is 3.06. The van der Waals surface area contributed by atoms with Crippen LogP contribution in [0.4, 0.5) is 11.1 Å². The smallest absolute Gasteiger partial charge is 0.302 e. The van der Waals surface area contributed by atoms with Crippen molar-refractivity contribution in [3.05, 3.63) is 47.0 Å². The Morgan fingerprint density at radius 3 is 2.68 bits per heavy atom. The molecule has 4 nitrogen and oxygen atoms in total. The van der Waals surface area contributed by atoms with Gasteiger partial charge in [-0.05, 0) is 55.7 Å². The van der Waals surface area contributed by atoms with Crippen LogP contribution in [0.2, 0.25) is 0 Å². The molecule has 0 fully saturated rings. The fraction of sp³-hybridized carbons (Fsp3) is 0.176. The molecule has 4 aromatic rings. The number of anilines is 2. The first-order valence-corrected chi connectivity index (χ1v) is 7.93. The van der Waals surface area contributed by atoms with Gasteiger partial charge in [0.2, 0.25) is 0 Å². The zero-order valence-corrected chi connectivity index (χ0v) is 13.4. The predicted molar refractivity (Wildman–Crippen MR) is 91.1 cm³/mol. The maximum Gasteiger partial charge on any atom is 0.302 e. The van der Waals surface area contributed by atoms with E-state index in [-0.39, 0.29) is 0 Å². The fourth-order valence-electron chi connectivity index (χ4n) is 2.45. The minimum Gasteiger partial charge on any atom is -0.423 e. The molecule has 0 aliphatic rings. The van der Waals surface area contributed by atoms with Gasteiger partial charge < -0.3 is 4.42 Å². The van der Waals surface area contributed by atoms with Gasteiger partial charge in [0.15, 0.2) is 10.7 Å². The van der Waals surface area contributed by atoms with Gasteiger partial charge in [-0.2, -0.15) is 4.98 Å². The molecule has 110 valence electrons. The highest BCUT2D eigenvalue weighted by Crippen LogP contribution is 2.31. The molecule has 0 saturated carbocycles. The van der Waals surface area contributed by atoms with Gasteiger partial charge in [0, 0.05) is 0 Å². The van der Waals surface area contributed by atoms with Crippen molar-refractivity contribution in [3.8, 4) is 0 Å². The molecule has 1 N–H and O–H groups in total. The van der Waals surface area contributed by atoms with Crippen LogP contribution in [0.5, 0.6) is 0 Å². The highest BCUT2D eigenvalue weighted by Gasteiger charge is 2.11. The summed E-state index contributed by atoms with van der Waals surface area (Å²) in [5.74, 6) is 0. The number of nitrogens with zero attached hydrogens (tertiary/aromatic N) is 2. The van der Waals surface area contributed by atoms with E-state index >= 15 is 0 Å². The minimum absolute atomic E-state index is 0.486. The Labute approximate surface area is 131 Å². The van der Waals surface area contributed by atoms with Crippen molar-refractivity contribution < 1.29 is 4.42 Å². The number of oxazole rings is 1. The molecule has 0 atom stereocenters. The summed E-state index contributed by atoms with van der Waals surface area (Å²) < 4.78 is 7.01. The molecule has 0 radical (unpaired) electrons. The molecule has 4 rings (SSSR count). The Morgan fingerprint density at radius 2 is 1.82 bits per heavy atom. The molecule has 0 aliphatic heterocycles. The number of aryl methyl sites for hydroxylation is 3. The van der Waals surface area contributed by atoms with Crippen LogP contribution in [0.15, 0.2) is 34.7 Å². The Balaban J connectivity index is 1.74. The maximum atomic E-state index is 5.85. The SMILES string of the molecule is Cc1ccc2nc(Nc3nc4ccc(C)c(C)c4o3)sc2c1. The quantitative estimate of drug-likeness (QED) is 0.559. The van der Waals surface area contributed by atoms with Crippen molar-refractivity contribution in [1.29, 1.82) is 0 Å². The van der Waals surface area contributed by atoms with Crippen molar-refractivity contribution >= 4 is 43.8 Å². The number of nitrogens with one attached hydrogen (secondary N) is 1. The standard InChI is InChI=1S/C17H15N3OS/c1-9-4-6-12-14(8-9)22-17(19-12)20-16-18-13-7-5-10(2)11(3)15(13)21-16/h4-8H,1-3H3,(H,18,19,20). The number of rotatable bonds is 2. The van der Waals surface area contributed by atoms with E-state index in [1.807, 2.05) is 19.1 Å². The lowest BCUT2D eigenvalue weighted by Gasteiger charge is -1.97. The summed E-state index contributed by atoms with van der Waals surface area (Å²) in [6.45, 7) is 6.20. The first-order chi connectivity index (χ1) is 10.6. The normalized spacial score (nSPS) is 11.4. The van der Waals surface area contributed by atoms with Gasteiger partial charge in [0.1, 0.15) is 5.52 Å². The molecular weight excluding hydrogens is 294 g/mol. The van der Waals surface area contributed by atoms with Gasteiger partial charge in [-0.15, -0.1) is 0 Å². The Morgan fingerprint density at radius 1 is 1.00 bits per heavy atom. The van der Waals surface area contributed by atoms with Crippen LogP contribution in [-0.2, 0) is 0 Å². The second kappa shape index (κ2) is 4.81. The van der Waals surface area contributed by atoms with E-state index in [4.69, 9.17) is 4.42 Å². The van der Waals surface area contributed by atoms with E-state index < -0.39 is 0 Å². The second-order valence-electron chi connectivity index (χ2n) is 5.49. The van der Waals surface area contributed by atoms with Crippen molar-refractivity contribution in [2.24, 2.45) is 0 Å². The van der Waals surface area contributed by atoms with Crippen LogP contribution in [0.25, 0.3) is 21.3 Å². The summed E-state index contributed by atoms with van der Waals surface area (Å²) in [5, 5.41) is 3.97. The molecule has 0 spiro atoms. The highest BCUT2D eigenvalue weighted by atomic mass is 32.1. The summed E-state index contributed by atoms with van der Waals surface area (Å²) in [6.07, 6.45) is 0. The van der Waals surface area contributed by atoms with Crippen molar-refractivity contribution in [3.63, 3.8) is 0 Å². The minimum atomic E-state index is 0.486. The van der Waals surface area contributed by atoms with E-state index in [1.165, 1.54) is 11.1 Å². The van der Waals surface area contributed by atoms with Crippen LogP contribution in [-0.4, -0.2) is 9.97 Å². The molecule has 0 bridgehead atoms. The van der Waals surface area contributed by atoms with Crippen LogP contribution in [0.1, 0.15) is 16.7 Å². The average molecular weight is 309 g/mol. The Hall–Kier alpha value is -2.40. The first kappa shape index (κ1) is 13.3. The summed E-state index contributed by atoms with van der Waals surface area (Å²) in [7, 11) is 0. The molecule has 22 heavy (non-hydrogen) atoms. The largest absolute Gasteiger partial charge is 0.423 e. The molecule has 2 aromatic heterocycles. The van der Waals surface area contributed by atoms with E-state index in [0.29, 0.717) is 6.01 Å². The third-order valence-electron chi connectivity index (χ3n) is 3.83. The van der Waals surface area contributed by atoms with Crippen LogP contribution < -0.4 is 5.32 Å². The molecular formula is C17H15N3OS. The van der Waals surface area contributed by atoms with Crippen molar-refractivity contribution in [2.45, 2.75) is 20.8 Å². The Kier molecular flexibility index (Phi) is 2.90. The zero-order chi connectivity index (χ0) is 15.3. The Bertz CT molecular complexity index is 1000. The van der Waals surface area contributed by atoms with Gasteiger partial charge >= 0.3 is 6.01 Å². The molecule has 0 amide bonds. The lowest BCUT2D eigenvalue weighted by Crippen LogP contribution is -1.88. The van der Waals surface area contributed by atoms with E-state index in [2.05, 4.69) is 47.3 Å². The fourth-order valence-corrected chi connectivity index (χ4v) is 3.41. The first-order valence-electron chi connectivity index (χ1n) is 7.11. The van der Waals surface area contributed by atoms with Gasteiger partial charge in [-0.1, -0.05) is 23.5 Å². The van der Waals surface area contributed by atoms with Crippen molar-refractivity contribution in [2.75, 3.05) is 5.32 Å². The number of hydrogen-bond acceptors (Lipinski definition) is 5. The van der Waals surface area contributed by atoms with Gasteiger partial charge in [-0.25, -0.2) is 4.98 Å². The maximum absolute atomic E-state index is 5.85. The van der Waals surface area contributed by atoms with Crippen LogP contribution >= 0.6 is 11.3 Å². The van der Waals surface area contributed by atoms with Gasteiger partial charge in [-0.3, -0.25) is 5.32 Å². The van der Waals surface area contributed by atoms with Crippen LogP contribution in [0.3, 0.4) is 0 Å². The second-order valence-corrected chi connectivity index (χ2v) is 6.52. The summed E-state index contributed by atoms with van der Waals surface area (Å²) in [6, 6.07) is 10.8. The number of thiazole rings is 1. The van der Waals surface area contributed by atoms with Crippen LogP contribution in [0, 0.1) is 20.8 Å². The molecule has 2 heterocycles. The molecule has 5 heteroatoms. The lowest BCUT2D eigenvalue weighted by atomic mass is 10.1. The molecule has 2 aromatic carbocycles. The molecule has 0 unspecified atom stereocenters. The third-order valence-corrected chi connectivity index (χ3v) is 4.77. The number of aromatic nitrogens is 2. The summed E-state index contributed by atoms with van der Waals surface area (Å²) in [5.41, 5.74) is 6.24. The predicted octanol–water partition coefficient (Wildman–Crippen LogP) is 5.11. The van der Waals surface area contributed by atoms with Crippen molar-refractivity contribution in [1.82, 2.24) is 9.97 Å². The van der Waals surface area contributed by atoms with Gasteiger partial charge in [0.05, 0.1) is 10.2 Å². The highest BCUT2D eigenvalue weighted by molar-refractivity contribution is 7.22. The molecule has 0 aliphatic carbocycles. The van der Waals surface area contributed by atoms with E-state index in [9.17, 15) is 0 Å². The molecule has 0 saturated heterocycles. The zero-order valence-electron chi connectivity index (χ0n) is 12.6. The van der Waals surface area contributed by atoms with E-state index in [0.717, 1.165) is 32.0 Å². The lowest BCUT2D eigenvalue weighted by molar-refractivity contribution is 0.620.